The van der Waals surface area contributed by atoms with E-state index in [2.05, 4.69) is 6.08 Å². The molecule has 0 aromatic heterocycles. The Balaban J connectivity index is 1.53. The predicted molar refractivity (Wildman–Crippen MR) is 115 cm³/mol. The van der Waals surface area contributed by atoms with Crippen molar-refractivity contribution in [2.75, 3.05) is 13.2 Å². The summed E-state index contributed by atoms with van der Waals surface area (Å²) in [4.78, 5) is 27.2. The van der Waals surface area contributed by atoms with Crippen molar-refractivity contribution >= 4 is 29.2 Å². The monoisotopic (exact) mass is 425 g/mol. The Bertz CT molecular complexity index is 941. The fourth-order valence-corrected chi connectivity index (χ4v) is 4.57. The van der Waals surface area contributed by atoms with E-state index in [0.29, 0.717) is 18.0 Å². The third-order valence-corrected chi connectivity index (χ3v) is 6.06. The normalized spacial score (nSPS) is 22.4. The number of amides is 1. The Hall–Kier alpha value is -2.79. The van der Waals surface area contributed by atoms with Gasteiger partial charge in [-0.2, -0.15) is 0 Å². The van der Waals surface area contributed by atoms with Gasteiger partial charge in [0.25, 0.3) is 0 Å². The summed E-state index contributed by atoms with van der Waals surface area (Å²) in [6.07, 6.45) is 2.40. The molecule has 2 aliphatic rings. The lowest BCUT2D eigenvalue weighted by molar-refractivity contribution is -0.149. The molecule has 4 rings (SSSR count). The van der Waals surface area contributed by atoms with Gasteiger partial charge in [0.2, 0.25) is 0 Å². The second kappa shape index (κ2) is 8.92. The van der Waals surface area contributed by atoms with Crippen molar-refractivity contribution in [2.24, 2.45) is 11.8 Å². The molecule has 0 N–H and O–H groups in total. The first-order valence-electron chi connectivity index (χ1n) is 10.2. The number of esters is 1. The summed E-state index contributed by atoms with van der Waals surface area (Å²) in [5.41, 5.74) is 3.11. The molecule has 1 amide bonds. The first kappa shape index (κ1) is 20.5. The van der Waals surface area contributed by atoms with E-state index >= 15 is 0 Å². The second-order valence-electron chi connectivity index (χ2n) is 7.56. The minimum Gasteiger partial charge on any atom is -0.464 e. The van der Waals surface area contributed by atoms with Crippen molar-refractivity contribution in [3.63, 3.8) is 0 Å². The lowest BCUT2D eigenvalue weighted by Crippen LogP contribution is -2.44. The summed E-state index contributed by atoms with van der Waals surface area (Å²) in [6.45, 7) is 2.64. The van der Waals surface area contributed by atoms with Gasteiger partial charge in [-0.15, -0.1) is 0 Å². The molecule has 0 spiro atoms. The van der Waals surface area contributed by atoms with Crippen molar-refractivity contribution in [1.82, 2.24) is 4.90 Å². The molecule has 5 nitrogen and oxygen atoms in total. The zero-order valence-electron chi connectivity index (χ0n) is 16.8. The number of ether oxygens (including phenoxy) is 2. The van der Waals surface area contributed by atoms with Crippen LogP contribution in [0.15, 0.2) is 60.7 Å². The summed E-state index contributed by atoms with van der Waals surface area (Å²) in [5.74, 6) is -0.323. The maximum atomic E-state index is 12.9. The summed E-state index contributed by atoms with van der Waals surface area (Å²) in [7, 11) is 0. The molecular formula is C24H24ClNO4. The predicted octanol–water partition coefficient (Wildman–Crippen LogP) is 4.94. The van der Waals surface area contributed by atoms with Crippen molar-refractivity contribution in [1.29, 1.82) is 0 Å². The van der Waals surface area contributed by atoms with Gasteiger partial charge in [0.1, 0.15) is 12.6 Å². The topological polar surface area (TPSA) is 55.8 Å². The van der Waals surface area contributed by atoms with Crippen LogP contribution in [0.5, 0.6) is 0 Å². The summed E-state index contributed by atoms with van der Waals surface area (Å²) in [6, 6.07) is 16.5. The quantitative estimate of drug-likeness (QED) is 0.636. The lowest BCUT2D eigenvalue weighted by Gasteiger charge is -2.25. The average molecular weight is 426 g/mol. The van der Waals surface area contributed by atoms with E-state index in [0.717, 1.165) is 16.7 Å². The van der Waals surface area contributed by atoms with Gasteiger partial charge in [0.05, 0.1) is 6.61 Å². The number of fused-ring (bicyclic) bond motifs is 1. The highest BCUT2D eigenvalue weighted by Crippen LogP contribution is 2.47. The van der Waals surface area contributed by atoms with Gasteiger partial charge in [-0.3, -0.25) is 4.90 Å². The largest absolute Gasteiger partial charge is 0.464 e. The molecule has 1 fully saturated rings. The Morgan fingerprint density at radius 2 is 1.80 bits per heavy atom. The highest BCUT2D eigenvalue weighted by molar-refractivity contribution is 6.30. The molecule has 6 heteroatoms. The number of hydrogen-bond donors (Lipinski definition) is 0. The molecule has 0 unspecified atom stereocenters. The maximum Gasteiger partial charge on any atom is 0.410 e. The van der Waals surface area contributed by atoms with Gasteiger partial charge >= 0.3 is 12.1 Å². The van der Waals surface area contributed by atoms with Gasteiger partial charge in [-0.1, -0.05) is 60.1 Å². The number of rotatable bonds is 5. The highest BCUT2D eigenvalue weighted by atomic mass is 35.5. The number of carbonyl (C=O) groups is 2. The van der Waals surface area contributed by atoms with Crippen molar-refractivity contribution in [2.45, 2.75) is 26.0 Å². The Morgan fingerprint density at radius 1 is 1.07 bits per heavy atom. The number of nitrogens with zero attached hydrogens (tertiary/aromatic N) is 1. The van der Waals surface area contributed by atoms with Gasteiger partial charge < -0.3 is 9.47 Å². The Labute approximate surface area is 181 Å². The molecule has 1 aliphatic carbocycles. The summed E-state index contributed by atoms with van der Waals surface area (Å²) >= 11 is 6.03. The molecule has 2 aromatic carbocycles. The second-order valence-corrected chi connectivity index (χ2v) is 8.00. The van der Waals surface area contributed by atoms with Crippen LogP contribution >= 0.6 is 11.6 Å². The average Bonchev–Trinajstić information content (AvgIpc) is 3.33. The van der Waals surface area contributed by atoms with Crippen molar-refractivity contribution in [3.8, 4) is 0 Å². The van der Waals surface area contributed by atoms with E-state index in [9.17, 15) is 9.59 Å². The molecule has 3 atom stereocenters. The zero-order valence-corrected chi connectivity index (χ0v) is 17.5. The SMILES string of the molecule is CCOC(=O)[C@@H]1[C@H]2CC=C(c3ccc(Cl)cc3)[C@H]2CN1C(=O)OCc1ccccc1. The van der Waals surface area contributed by atoms with Crippen LogP contribution in [0.4, 0.5) is 4.79 Å². The fraction of sp³-hybridized carbons (Fsp3) is 0.333. The minimum atomic E-state index is -0.640. The smallest absolute Gasteiger partial charge is 0.410 e. The van der Waals surface area contributed by atoms with Crippen LogP contribution in [0.2, 0.25) is 5.02 Å². The molecule has 156 valence electrons. The van der Waals surface area contributed by atoms with E-state index in [1.165, 1.54) is 0 Å². The van der Waals surface area contributed by atoms with E-state index in [4.69, 9.17) is 21.1 Å². The van der Waals surface area contributed by atoms with Gasteiger partial charge in [0, 0.05) is 23.4 Å². The van der Waals surface area contributed by atoms with Crippen LogP contribution in [0.25, 0.3) is 5.57 Å². The Morgan fingerprint density at radius 3 is 2.50 bits per heavy atom. The Kier molecular flexibility index (Phi) is 6.09. The first-order valence-corrected chi connectivity index (χ1v) is 10.6. The van der Waals surface area contributed by atoms with Crippen LogP contribution in [-0.4, -0.2) is 36.2 Å². The van der Waals surface area contributed by atoms with Gasteiger partial charge in [-0.25, -0.2) is 9.59 Å². The number of hydrogen-bond acceptors (Lipinski definition) is 4. The lowest BCUT2D eigenvalue weighted by atomic mass is 9.87. The number of allylic oxidation sites excluding steroid dienone is 1. The van der Waals surface area contributed by atoms with Crippen LogP contribution in [-0.2, 0) is 20.9 Å². The van der Waals surface area contributed by atoms with Gasteiger partial charge in [0.15, 0.2) is 0 Å². The highest BCUT2D eigenvalue weighted by Gasteiger charge is 2.51. The standard InChI is InChI=1S/C24H24ClNO4/c1-2-29-23(27)22-20-13-12-19(17-8-10-18(25)11-9-17)21(20)14-26(22)24(28)30-15-16-6-4-3-5-7-16/h3-12,20-22H,2,13-15H2,1H3/t20-,21+,22-/m0/s1. The summed E-state index contributed by atoms with van der Waals surface area (Å²) in [5, 5.41) is 0.677. The molecule has 0 saturated carbocycles. The van der Waals surface area contributed by atoms with E-state index in [-0.39, 0.29) is 31.0 Å². The molecule has 2 aromatic rings. The van der Waals surface area contributed by atoms with E-state index in [1.807, 2.05) is 54.6 Å². The third kappa shape index (κ3) is 4.08. The third-order valence-electron chi connectivity index (χ3n) is 5.81. The number of likely N-dealkylation sites (tertiary alicyclic amines) is 1. The van der Waals surface area contributed by atoms with Crippen LogP contribution in [0.1, 0.15) is 24.5 Å². The van der Waals surface area contributed by atoms with E-state index < -0.39 is 12.1 Å². The van der Waals surface area contributed by atoms with E-state index in [1.54, 1.807) is 11.8 Å². The fourth-order valence-electron chi connectivity index (χ4n) is 4.44. The molecule has 1 heterocycles. The van der Waals surface area contributed by atoms with Crippen LogP contribution < -0.4 is 0 Å². The zero-order chi connectivity index (χ0) is 21.1. The molecule has 1 saturated heterocycles. The first-order chi connectivity index (χ1) is 14.6. The number of carbonyl (C=O) groups excluding carboxylic acids is 2. The molecule has 0 radical (unpaired) electrons. The minimum absolute atomic E-state index is 0.0148. The maximum absolute atomic E-state index is 12.9. The van der Waals surface area contributed by atoms with Crippen LogP contribution in [0, 0.1) is 11.8 Å². The molecule has 1 aliphatic heterocycles. The number of benzene rings is 2. The van der Waals surface area contributed by atoms with Crippen molar-refractivity contribution < 1.29 is 19.1 Å². The number of halogens is 1. The summed E-state index contributed by atoms with van der Waals surface area (Å²) < 4.78 is 10.8. The molecule has 0 bridgehead atoms. The van der Waals surface area contributed by atoms with Gasteiger partial charge in [-0.05, 0) is 42.2 Å². The van der Waals surface area contributed by atoms with Crippen molar-refractivity contribution in [3.05, 3.63) is 76.8 Å². The van der Waals surface area contributed by atoms with Crippen LogP contribution in [0.3, 0.4) is 0 Å². The molecule has 30 heavy (non-hydrogen) atoms. The molecular weight excluding hydrogens is 402 g/mol.